The summed E-state index contributed by atoms with van der Waals surface area (Å²) >= 11 is 0. The Morgan fingerprint density at radius 1 is 0.952 bits per heavy atom. The van der Waals surface area contributed by atoms with E-state index < -0.39 is 5.82 Å². The fraction of sp³-hybridized carbons (Fsp3) is 0.250. The van der Waals surface area contributed by atoms with Crippen LogP contribution in [0, 0.1) is 5.82 Å². The normalized spacial score (nSPS) is 10.0. The van der Waals surface area contributed by atoms with Crippen molar-refractivity contribution in [3.63, 3.8) is 0 Å². The first-order valence-corrected chi connectivity index (χ1v) is 6.57. The predicted molar refractivity (Wildman–Crippen MR) is 79.9 cm³/mol. The van der Waals surface area contributed by atoms with Gasteiger partial charge in [0.05, 0.1) is 14.2 Å². The van der Waals surface area contributed by atoms with E-state index in [0.29, 0.717) is 18.8 Å². The molecular weight excluding hydrogens is 273 g/mol. The van der Waals surface area contributed by atoms with Gasteiger partial charge in [0, 0.05) is 18.3 Å². The van der Waals surface area contributed by atoms with Gasteiger partial charge in [-0.05, 0) is 36.4 Å². The molecule has 0 fully saturated rings. The number of anilines is 1. The topological polar surface area (TPSA) is 39.7 Å². The highest BCUT2D eigenvalue weighted by atomic mass is 19.1. The van der Waals surface area contributed by atoms with Crippen LogP contribution in [0.4, 0.5) is 10.1 Å². The maximum atomic E-state index is 13.5. The summed E-state index contributed by atoms with van der Waals surface area (Å²) in [6.07, 6.45) is 0. The summed E-state index contributed by atoms with van der Waals surface area (Å²) in [5.41, 5.74) is 0.687. The third-order valence-corrected chi connectivity index (χ3v) is 2.91. The molecule has 2 aromatic carbocycles. The van der Waals surface area contributed by atoms with Crippen molar-refractivity contribution in [2.75, 3.05) is 32.7 Å². The third-order valence-electron chi connectivity index (χ3n) is 2.91. The van der Waals surface area contributed by atoms with E-state index >= 15 is 0 Å². The number of halogens is 1. The van der Waals surface area contributed by atoms with Gasteiger partial charge in [0.25, 0.3) is 0 Å². The van der Waals surface area contributed by atoms with E-state index in [-0.39, 0.29) is 5.75 Å². The van der Waals surface area contributed by atoms with Gasteiger partial charge in [0.2, 0.25) is 0 Å². The van der Waals surface area contributed by atoms with Gasteiger partial charge >= 0.3 is 0 Å². The average Bonchev–Trinajstić information content (AvgIpc) is 2.52. The molecule has 0 bridgehead atoms. The van der Waals surface area contributed by atoms with Crippen LogP contribution in [0.3, 0.4) is 0 Å². The number of nitrogens with one attached hydrogen (secondary N) is 1. The van der Waals surface area contributed by atoms with Crippen LogP contribution < -0.4 is 19.5 Å². The molecule has 0 unspecified atom stereocenters. The first-order chi connectivity index (χ1) is 10.2. The number of hydrogen-bond acceptors (Lipinski definition) is 4. The molecule has 4 nitrogen and oxygen atoms in total. The van der Waals surface area contributed by atoms with Crippen LogP contribution in [-0.4, -0.2) is 27.4 Å². The van der Waals surface area contributed by atoms with Gasteiger partial charge in [-0.3, -0.25) is 0 Å². The summed E-state index contributed by atoms with van der Waals surface area (Å²) in [6.45, 7) is 1.04. The second-order valence-corrected chi connectivity index (χ2v) is 4.30. The Kier molecular flexibility index (Phi) is 5.26. The Hall–Kier alpha value is -2.43. The second-order valence-electron chi connectivity index (χ2n) is 4.30. The first kappa shape index (κ1) is 15.0. The maximum Gasteiger partial charge on any atom is 0.167 e. The largest absolute Gasteiger partial charge is 0.497 e. The smallest absolute Gasteiger partial charge is 0.167 e. The summed E-state index contributed by atoms with van der Waals surface area (Å²) in [6, 6.07) is 12.1. The lowest BCUT2D eigenvalue weighted by Gasteiger charge is -2.10. The molecule has 0 amide bonds. The van der Waals surface area contributed by atoms with Crippen molar-refractivity contribution in [3.05, 3.63) is 48.3 Å². The van der Waals surface area contributed by atoms with Crippen LogP contribution in [0.5, 0.6) is 17.2 Å². The Labute approximate surface area is 123 Å². The molecule has 112 valence electrons. The number of benzene rings is 2. The lowest BCUT2D eigenvalue weighted by atomic mass is 10.3. The van der Waals surface area contributed by atoms with Gasteiger partial charge in [-0.25, -0.2) is 4.39 Å². The van der Waals surface area contributed by atoms with E-state index in [9.17, 15) is 4.39 Å². The highest BCUT2D eigenvalue weighted by molar-refractivity contribution is 5.47. The van der Waals surface area contributed by atoms with Gasteiger partial charge in [0.1, 0.15) is 18.1 Å². The average molecular weight is 291 g/mol. The molecule has 0 saturated heterocycles. The first-order valence-electron chi connectivity index (χ1n) is 6.57. The van der Waals surface area contributed by atoms with Gasteiger partial charge in [0.15, 0.2) is 11.6 Å². The van der Waals surface area contributed by atoms with Crippen molar-refractivity contribution in [1.82, 2.24) is 0 Å². The molecule has 0 atom stereocenters. The number of hydrogen-bond donors (Lipinski definition) is 1. The maximum absolute atomic E-state index is 13.5. The summed E-state index contributed by atoms with van der Waals surface area (Å²) in [7, 11) is 3.06. The molecule has 0 heterocycles. The molecule has 0 aromatic heterocycles. The van der Waals surface area contributed by atoms with Crippen LogP contribution in [0.1, 0.15) is 0 Å². The standard InChI is InChI=1S/C16H18FNO3/c1-19-13-4-6-14(7-5-13)21-10-9-18-12-3-8-16(20-2)15(17)11-12/h3-8,11,18H,9-10H2,1-2H3. The zero-order valence-electron chi connectivity index (χ0n) is 12.1. The van der Waals surface area contributed by atoms with Gasteiger partial charge in [-0.1, -0.05) is 0 Å². The minimum Gasteiger partial charge on any atom is -0.497 e. The van der Waals surface area contributed by atoms with Crippen molar-refractivity contribution < 1.29 is 18.6 Å². The van der Waals surface area contributed by atoms with E-state index in [4.69, 9.17) is 14.2 Å². The highest BCUT2D eigenvalue weighted by Crippen LogP contribution is 2.20. The Morgan fingerprint density at radius 3 is 2.29 bits per heavy atom. The molecule has 0 aliphatic heterocycles. The lowest BCUT2D eigenvalue weighted by Crippen LogP contribution is -2.11. The summed E-state index contributed by atoms with van der Waals surface area (Å²) in [4.78, 5) is 0. The van der Waals surface area contributed by atoms with Crippen molar-refractivity contribution in [3.8, 4) is 17.2 Å². The summed E-state index contributed by atoms with van der Waals surface area (Å²) in [5.74, 6) is 1.39. The van der Waals surface area contributed by atoms with Crippen LogP contribution in [0.15, 0.2) is 42.5 Å². The van der Waals surface area contributed by atoms with E-state index in [1.54, 1.807) is 19.2 Å². The van der Waals surface area contributed by atoms with Gasteiger partial charge in [-0.2, -0.15) is 0 Å². The molecule has 0 saturated carbocycles. The molecule has 2 rings (SSSR count). The fourth-order valence-electron chi connectivity index (χ4n) is 1.81. The fourth-order valence-corrected chi connectivity index (χ4v) is 1.81. The van der Waals surface area contributed by atoms with E-state index in [2.05, 4.69) is 5.32 Å². The van der Waals surface area contributed by atoms with E-state index in [0.717, 1.165) is 11.5 Å². The van der Waals surface area contributed by atoms with Crippen LogP contribution in [-0.2, 0) is 0 Å². The highest BCUT2D eigenvalue weighted by Gasteiger charge is 2.02. The molecule has 0 aliphatic rings. The number of methoxy groups -OCH3 is 2. The molecule has 0 aliphatic carbocycles. The molecule has 21 heavy (non-hydrogen) atoms. The predicted octanol–water partition coefficient (Wildman–Crippen LogP) is 3.33. The van der Waals surface area contributed by atoms with Crippen LogP contribution >= 0.6 is 0 Å². The minimum absolute atomic E-state index is 0.232. The van der Waals surface area contributed by atoms with Crippen molar-refractivity contribution >= 4 is 5.69 Å². The SMILES string of the molecule is COc1ccc(OCCNc2ccc(OC)c(F)c2)cc1. The molecule has 1 N–H and O–H groups in total. The Balaban J connectivity index is 1.77. The summed E-state index contributed by atoms with van der Waals surface area (Å²) in [5, 5.41) is 3.08. The lowest BCUT2D eigenvalue weighted by molar-refractivity contribution is 0.331. The zero-order valence-corrected chi connectivity index (χ0v) is 12.1. The van der Waals surface area contributed by atoms with E-state index in [1.807, 2.05) is 24.3 Å². The Morgan fingerprint density at radius 2 is 1.67 bits per heavy atom. The van der Waals surface area contributed by atoms with Gasteiger partial charge < -0.3 is 19.5 Å². The van der Waals surface area contributed by atoms with Crippen molar-refractivity contribution in [1.29, 1.82) is 0 Å². The van der Waals surface area contributed by atoms with Crippen molar-refractivity contribution in [2.45, 2.75) is 0 Å². The van der Waals surface area contributed by atoms with Gasteiger partial charge in [-0.15, -0.1) is 0 Å². The van der Waals surface area contributed by atoms with Crippen LogP contribution in [0.2, 0.25) is 0 Å². The van der Waals surface area contributed by atoms with Crippen LogP contribution in [0.25, 0.3) is 0 Å². The van der Waals surface area contributed by atoms with Crippen molar-refractivity contribution in [2.24, 2.45) is 0 Å². The number of rotatable bonds is 7. The molecule has 0 spiro atoms. The quantitative estimate of drug-likeness (QED) is 0.794. The monoisotopic (exact) mass is 291 g/mol. The van der Waals surface area contributed by atoms with E-state index in [1.165, 1.54) is 13.2 Å². The molecule has 5 heteroatoms. The molecule has 2 aromatic rings. The third kappa shape index (κ3) is 4.27. The zero-order chi connectivity index (χ0) is 15.1. The molecular formula is C16H18FNO3. The minimum atomic E-state index is -0.390. The summed E-state index contributed by atoms with van der Waals surface area (Å²) < 4.78 is 29.0. The Bertz CT molecular complexity index is 572. The molecule has 0 radical (unpaired) electrons. The number of ether oxygens (including phenoxy) is 3. The second kappa shape index (κ2) is 7.38.